The number of non-ortho nitro benzene ring substituents is 1. The molecule has 2 aromatic carbocycles. The zero-order chi connectivity index (χ0) is 20.1. The maximum absolute atomic E-state index is 11.6. The second-order valence-corrected chi connectivity index (χ2v) is 5.82. The number of imide groups is 1. The highest BCUT2D eigenvalue weighted by Gasteiger charge is 2.22. The first-order chi connectivity index (χ1) is 13.5. The number of hydrogen-bond donors (Lipinski definition) is 2. The van der Waals surface area contributed by atoms with Crippen molar-refractivity contribution in [1.82, 2.24) is 10.6 Å². The van der Waals surface area contributed by atoms with Crippen LogP contribution in [0.15, 0.2) is 48.2 Å². The zero-order valence-corrected chi connectivity index (χ0v) is 14.9. The highest BCUT2D eigenvalue weighted by atomic mass is 16.6. The third kappa shape index (κ3) is 4.44. The van der Waals surface area contributed by atoms with Crippen LogP contribution >= 0.6 is 0 Å². The van der Waals surface area contributed by atoms with Gasteiger partial charge in [-0.25, -0.2) is 4.79 Å². The first-order valence-corrected chi connectivity index (χ1v) is 8.43. The number of ether oxygens (including phenoxy) is 2. The molecule has 28 heavy (non-hydrogen) atoms. The molecule has 1 aliphatic rings. The Morgan fingerprint density at radius 1 is 1.07 bits per heavy atom. The second-order valence-electron chi connectivity index (χ2n) is 5.82. The Kier molecular flexibility index (Phi) is 5.54. The van der Waals surface area contributed by atoms with Crippen LogP contribution in [0.5, 0.6) is 11.5 Å². The number of carbonyl (C=O) groups is 2. The highest BCUT2D eigenvalue weighted by molar-refractivity contribution is 6.14. The van der Waals surface area contributed by atoms with E-state index in [4.69, 9.17) is 9.47 Å². The molecule has 0 bridgehead atoms. The molecule has 2 N–H and O–H groups in total. The van der Waals surface area contributed by atoms with Crippen molar-refractivity contribution in [2.45, 2.75) is 13.5 Å². The molecule has 2 aromatic rings. The minimum Gasteiger partial charge on any atom is -0.490 e. The largest absolute Gasteiger partial charge is 0.490 e. The minimum absolute atomic E-state index is 0.00927. The van der Waals surface area contributed by atoms with Gasteiger partial charge in [0.15, 0.2) is 11.5 Å². The SMILES string of the molecule is CCOc1cc(/C=C2/NC(=O)NC2=O)ccc1OCc1cccc([N+](=O)[O-])c1. The Hall–Kier alpha value is -3.88. The number of nitro groups is 1. The molecule has 9 nitrogen and oxygen atoms in total. The maximum Gasteiger partial charge on any atom is 0.326 e. The van der Waals surface area contributed by atoms with Gasteiger partial charge in [0.25, 0.3) is 11.6 Å². The van der Waals surface area contributed by atoms with Crippen molar-refractivity contribution >= 4 is 23.7 Å². The summed E-state index contributed by atoms with van der Waals surface area (Å²) in [5.41, 5.74) is 1.41. The molecule has 0 aromatic heterocycles. The van der Waals surface area contributed by atoms with Gasteiger partial charge < -0.3 is 14.8 Å². The molecule has 0 saturated carbocycles. The van der Waals surface area contributed by atoms with Gasteiger partial charge in [-0.1, -0.05) is 18.2 Å². The molecule has 0 unspecified atom stereocenters. The molecule has 3 amide bonds. The Morgan fingerprint density at radius 3 is 2.57 bits per heavy atom. The molecule has 1 fully saturated rings. The predicted molar refractivity (Wildman–Crippen MR) is 99.7 cm³/mol. The normalized spacial score (nSPS) is 14.5. The summed E-state index contributed by atoms with van der Waals surface area (Å²) in [6, 6.07) is 10.7. The number of nitro benzene ring substituents is 1. The lowest BCUT2D eigenvalue weighted by molar-refractivity contribution is -0.384. The minimum atomic E-state index is -0.571. The van der Waals surface area contributed by atoms with Gasteiger partial charge in [-0.3, -0.25) is 20.2 Å². The smallest absolute Gasteiger partial charge is 0.326 e. The van der Waals surface area contributed by atoms with Crippen molar-refractivity contribution in [2.24, 2.45) is 0 Å². The monoisotopic (exact) mass is 383 g/mol. The number of rotatable bonds is 7. The van der Waals surface area contributed by atoms with Crippen LogP contribution in [0, 0.1) is 10.1 Å². The first-order valence-electron chi connectivity index (χ1n) is 8.43. The van der Waals surface area contributed by atoms with E-state index in [1.807, 2.05) is 6.92 Å². The van der Waals surface area contributed by atoms with Crippen LogP contribution in [0.25, 0.3) is 6.08 Å². The van der Waals surface area contributed by atoms with E-state index in [-0.39, 0.29) is 18.0 Å². The van der Waals surface area contributed by atoms with Gasteiger partial charge in [0.05, 0.1) is 11.5 Å². The van der Waals surface area contributed by atoms with Gasteiger partial charge in [0.1, 0.15) is 12.3 Å². The quantitative estimate of drug-likeness (QED) is 0.328. The van der Waals surface area contributed by atoms with E-state index in [1.165, 1.54) is 18.2 Å². The molecule has 9 heteroatoms. The topological polar surface area (TPSA) is 120 Å². The van der Waals surface area contributed by atoms with E-state index in [0.29, 0.717) is 29.2 Å². The van der Waals surface area contributed by atoms with Gasteiger partial charge in [0, 0.05) is 12.1 Å². The van der Waals surface area contributed by atoms with Crippen LogP contribution in [0.2, 0.25) is 0 Å². The third-order valence-corrected chi connectivity index (χ3v) is 3.81. The standard InChI is InChI=1S/C19H17N3O6/c1-2-27-17-10-12(9-15-18(23)21-19(24)20-15)6-7-16(17)28-11-13-4-3-5-14(8-13)22(25)26/h3-10H,2,11H2,1H3,(H2,20,21,23,24)/b15-9+. The highest BCUT2D eigenvalue weighted by Crippen LogP contribution is 2.30. The zero-order valence-electron chi connectivity index (χ0n) is 14.9. The lowest BCUT2D eigenvalue weighted by atomic mass is 10.1. The van der Waals surface area contributed by atoms with Crippen LogP contribution in [0.4, 0.5) is 10.5 Å². The Labute approximate surface area is 160 Å². The summed E-state index contributed by atoms with van der Waals surface area (Å²) >= 11 is 0. The van der Waals surface area contributed by atoms with Gasteiger partial charge in [-0.15, -0.1) is 0 Å². The Morgan fingerprint density at radius 2 is 1.89 bits per heavy atom. The number of urea groups is 1. The third-order valence-electron chi connectivity index (χ3n) is 3.81. The van der Waals surface area contributed by atoms with E-state index >= 15 is 0 Å². The maximum atomic E-state index is 11.6. The van der Waals surface area contributed by atoms with E-state index in [1.54, 1.807) is 30.3 Å². The molecule has 0 spiro atoms. The average molecular weight is 383 g/mol. The summed E-state index contributed by atoms with van der Waals surface area (Å²) in [7, 11) is 0. The molecule has 3 rings (SSSR count). The molecule has 0 atom stereocenters. The summed E-state index contributed by atoms with van der Waals surface area (Å²) in [6.45, 7) is 2.34. The van der Waals surface area contributed by atoms with E-state index < -0.39 is 16.9 Å². The Bertz CT molecular complexity index is 970. The molecule has 1 saturated heterocycles. The predicted octanol–water partition coefficient (Wildman–Crippen LogP) is 2.75. The number of nitrogens with one attached hydrogen (secondary N) is 2. The van der Waals surface area contributed by atoms with Crippen molar-refractivity contribution < 1.29 is 24.0 Å². The fraction of sp³-hybridized carbons (Fsp3) is 0.158. The van der Waals surface area contributed by atoms with Crippen molar-refractivity contribution in [2.75, 3.05) is 6.61 Å². The van der Waals surface area contributed by atoms with Crippen LogP contribution in [0.1, 0.15) is 18.1 Å². The van der Waals surface area contributed by atoms with Crippen LogP contribution in [0.3, 0.4) is 0 Å². The number of amides is 3. The molecular weight excluding hydrogens is 366 g/mol. The molecular formula is C19H17N3O6. The molecule has 144 valence electrons. The van der Waals surface area contributed by atoms with E-state index in [9.17, 15) is 19.7 Å². The molecule has 1 heterocycles. The van der Waals surface area contributed by atoms with Gasteiger partial charge in [-0.2, -0.15) is 0 Å². The van der Waals surface area contributed by atoms with Crippen molar-refractivity contribution in [3.63, 3.8) is 0 Å². The first kappa shape index (κ1) is 18.9. The van der Waals surface area contributed by atoms with Gasteiger partial charge in [0.2, 0.25) is 0 Å². The summed E-state index contributed by atoms with van der Waals surface area (Å²) in [6.07, 6.45) is 1.52. The molecule has 0 aliphatic carbocycles. The summed E-state index contributed by atoms with van der Waals surface area (Å²) < 4.78 is 11.3. The number of benzene rings is 2. The number of hydrogen-bond acceptors (Lipinski definition) is 6. The fourth-order valence-electron chi connectivity index (χ4n) is 2.57. The second kappa shape index (κ2) is 8.21. The lowest BCUT2D eigenvalue weighted by Gasteiger charge is -2.13. The van der Waals surface area contributed by atoms with Gasteiger partial charge in [-0.05, 0) is 36.3 Å². The average Bonchev–Trinajstić information content (AvgIpc) is 2.98. The van der Waals surface area contributed by atoms with Crippen LogP contribution in [-0.2, 0) is 11.4 Å². The summed E-state index contributed by atoms with van der Waals surface area (Å²) in [4.78, 5) is 33.2. The molecule has 1 aliphatic heterocycles. The van der Waals surface area contributed by atoms with Gasteiger partial charge >= 0.3 is 6.03 Å². The van der Waals surface area contributed by atoms with Crippen molar-refractivity contribution in [3.8, 4) is 11.5 Å². The van der Waals surface area contributed by atoms with Crippen LogP contribution in [-0.4, -0.2) is 23.5 Å². The number of carbonyl (C=O) groups excluding carboxylic acids is 2. The van der Waals surface area contributed by atoms with Crippen molar-refractivity contribution in [3.05, 3.63) is 69.4 Å². The van der Waals surface area contributed by atoms with Crippen molar-refractivity contribution in [1.29, 1.82) is 0 Å². The van der Waals surface area contributed by atoms with Crippen LogP contribution < -0.4 is 20.1 Å². The number of nitrogens with zero attached hydrogens (tertiary/aromatic N) is 1. The fourth-order valence-corrected chi connectivity index (χ4v) is 2.57. The summed E-state index contributed by atoms with van der Waals surface area (Å²) in [5, 5.41) is 15.4. The Balaban J connectivity index is 1.79. The van der Waals surface area contributed by atoms with E-state index in [0.717, 1.165) is 0 Å². The molecule has 0 radical (unpaired) electrons. The summed E-state index contributed by atoms with van der Waals surface area (Å²) in [5.74, 6) is 0.399. The lowest BCUT2D eigenvalue weighted by Crippen LogP contribution is -2.22. The van der Waals surface area contributed by atoms with E-state index in [2.05, 4.69) is 10.6 Å².